The van der Waals surface area contributed by atoms with Crippen LogP contribution in [0.3, 0.4) is 0 Å². The van der Waals surface area contributed by atoms with Crippen LogP contribution in [0.1, 0.15) is 50.8 Å². The average Bonchev–Trinajstić information content (AvgIpc) is 2.23. The van der Waals surface area contributed by atoms with Crippen molar-refractivity contribution in [3.63, 3.8) is 0 Å². The highest BCUT2D eigenvalue weighted by molar-refractivity contribution is 5.38. The molecule has 1 atom stereocenters. The number of benzene rings is 1. The van der Waals surface area contributed by atoms with Crippen LogP contribution in [0.5, 0.6) is 5.75 Å². The molecular weight excluding hydrogens is 212 g/mol. The van der Waals surface area contributed by atoms with Crippen LogP contribution in [0, 0.1) is 12.8 Å². The lowest BCUT2D eigenvalue weighted by atomic mass is 10.1. The SMILES string of the molecule is Cc1ccc([C@H](C)O)c(OCCCC(C)C)c1. The average molecular weight is 236 g/mol. The first kappa shape index (κ1) is 14.0. The molecule has 0 amide bonds. The van der Waals surface area contributed by atoms with Crippen LogP contribution in [0.25, 0.3) is 0 Å². The molecule has 1 aromatic carbocycles. The van der Waals surface area contributed by atoms with Gasteiger partial charge in [-0.2, -0.15) is 0 Å². The van der Waals surface area contributed by atoms with E-state index in [1.807, 2.05) is 25.1 Å². The molecule has 0 radical (unpaired) electrons. The Bertz CT molecular complexity index is 343. The van der Waals surface area contributed by atoms with Crippen molar-refractivity contribution in [1.82, 2.24) is 0 Å². The van der Waals surface area contributed by atoms with Crippen molar-refractivity contribution in [2.45, 2.75) is 46.6 Å². The predicted molar refractivity (Wildman–Crippen MR) is 71.4 cm³/mol. The minimum atomic E-state index is -0.476. The van der Waals surface area contributed by atoms with Gasteiger partial charge in [0, 0.05) is 5.56 Å². The molecule has 2 nitrogen and oxygen atoms in total. The second-order valence-corrected chi connectivity index (χ2v) is 5.10. The first-order valence-corrected chi connectivity index (χ1v) is 6.42. The van der Waals surface area contributed by atoms with E-state index in [-0.39, 0.29) is 0 Å². The molecule has 0 unspecified atom stereocenters. The van der Waals surface area contributed by atoms with Crippen molar-refractivity contribution >= 4 is 0 Å². The number of rotatable bonds is 6. The Morgan fingerprint density at radius 3 is 2.53 bits per heavy atom. The molecule has 1 rings (SSSR count). The summed E-state index contributed by atoms with van der Waals surface area (Å²) in [5, 5.41) is 9.66. The molecule has 2 heteroatoms. The highest BCUT2D eigenvalue weighted by atomic mass is 16.5. The van der Waals surface area contributed by atoms with Crippen LogP contribution >= 0.6 is 0 Å². The summed E-state index contributed by atoms with van der Waals surface area (Å²) in [6.45, 7) is 8.96. The van der Waals surface area contributed by atoms with Crippen molar-refractivity contribution in [2.75, 3.05) is 6.61 Å². The van der Waals surface area contributed by atoms with Gasteiger partial charge in [0.2, 0.25) is 0 Å². The quantitative estimate of drug-likeness (QED) is 0.760. The maximum atomic E-state index is 9.66. The Balaban J connectivity index is 2.59. The first-order valence-electron chi connectivity index (χ1n) is 6.42. The van der Waals surface area contributed by atoms with Crippen LogP contribution in [-0.4, -0.2) is 11.7 Å². The van der Waals surface area contributed by atoms with Crippen LogP contribution in [0.2, 0.25) is 0 Å². The van der Waals surface area contributed by atoms with E-state index in [0.717, 1.165) is 29.9 Å². The summed E-state index contributed by atoms with van der Waals surface area (Å²) in [5.41, 5.74) is 2.04. The van der Waals surface area contributed by atoms with E-state index in [4.69, 9.17) is 4.74 Å². The summed E-state index contributed by atoms with van der Waals surface area (Å²) in [4.78, 5) is 0. The molecular formula is C15H24O2. The molecule has 0 aliphatic rings. The maximum Gasteiger partial charge on any atom is 0.125 e. The van der Waals surface area contributed by atoms with Crippen molar-refractivity contribution in [2.24, 2.45) is 5.92 Å². The highest BCUT2D eigenvalue weighted by Gasteiger charge is 2.09. The number of aliphatic hydroxyl groups excluding tert-OH is 1. The molecule has 1 aromatic rings. The number of aliphatic hydroxyl groups is 1. The number of ether oxygens (including phenoxy) is 1. The van der Waals surface area contributed by atoms with Crippen LogP contribution in [0.4, 0.5) is 0 Å². The van der Waals surface area contributed by atoms with Gasteiger partial charge in [0.1, 0.15) is 5.75 Å². The van der Waals surface area contributed by atoms with Gasteiger partial charge in [0.05, 0.1) is 12.7 Å². The van der Waals surface area contributed by atoms with E-state index in [9.17, 15) is 5.11 Å². The van der Waals surface area contributed by atoms with Gasteiger partial charge >= 0.3 is 0 Å². The predicted octanol–water partition coefficient (Wildman–Crippen LogP) is 3.86. The van der Waals surface area contributed by atoms with E-state index in [2.05, 4.69) is 13.8 Å². The zero-order chi connectivity index (χ0) is 12.8. The van der Waals surface area contributed by atoms with E-state index in [1.54, 1.807) is 6.92 Å². The summed E-state index contributed by atoms with van der Waals surface area (Å²) in [5.74, 6) is 1.54. The lowest BCUT2D eigenvalue weighted by molar-refractivity contribution is 0.190. The molecule has 17 heavy (non-hydrogen) atoms. The zero-order valence-electron chi connectivity index (χ0n) is 11.4. The highest BCUT2D eigenvalue weighted by Crippen LogP contribution is 2.26. The summed E-state index contributed by atoms with van der Waals surface area (Å²) in [6.07, 6.45) is 1.76. The summed E-state index contributed by atoms with van der Waals surface area (Å²) >= 11 is 0. The Kier molecular flexibility index (Phi) is 5.49. The monoisotopic (exact) mass is 236 g/mol. The second-order valence-electron chi connectivity index (χ2n) is 5.10. The van der Waals surface area contributed by atoms with Gasteiger partial charge in [0.15, 0.2) is 0 Å². The van der Waals surface area contributed by atoms with Crippen LogP contribution in [-0.2, 0) is 0 Å². The fraction of sp³-hybridized carbons (Fsp3) is 0.600. The Labute approximate surface area is 105 Å². The fourth-order valence-electron chi connectivity index (χ4n) is 1.79. The van der Waals surface area contributed by atoms with Gasteiger partial charge < -0.3 is 9.84 Å². The Hall–Kier alpha value is -1.02. The third-order valence-corrected chi connectivity index (χ3v) is 2.80. The summed E-state index contributed by atoms with van der Waals surface area (Å²) in [6, 6.07) is 5.94. The number of aryl methyl sites for hydroxylation is 1. The van der Waals surface area contributed by atoms with E-state index in [0.29, 0.717) is 5.92 Å². The molecule has 1 N–H and O–H groups in total. The van der Waals surface area contributed by atoms with Gasteiger partial charge in [-0.05, 0) is 44.2 Å². The van der Waals surface area contributed by atoms with Gasteiger partial charge in [-0.15, -0.1) is 0 Å². The van der Waals surface area contributed by atoms with E-state index >= 15 is 0 Å². The summed E-state index contributed by atoms with van der Waals surface area (Å²) < 4.78 is 5.77. The van der Waals surface area contributed by atoms with Gasteiger partial charge in [-0.1, -0.05) is 26.0 Å². The molecule has 0 saturated heterocycles. The lowest BCUT2D eigenvalue weighted by Crippen LogP contribution is -2.03. The number of hydrogen-bond donors (Lipinski definition) is 1. The van der Waals surface area contributed by atoms with Gasteiger partial charge in [-0.3, -0.25) is 0 Å². The summed E-state index contributed by atoms with van der Waals surface area (Å²) in [7, 11) is 0. The third kappa shape index (κ3) is 4.78. The molecule has 0 aliphatic carbocycles. The lowest BCUT2D eigenvalue weighted by Gasteiger charge is -2.14. The van der Waals surface area contributed by atoms with Crippen LogP contribution < -0.4 is 4.74 Å². The molecule has 96 valence electrons. The minimum absolute atomic E-state index is 0.476. The topological polar surface area (TPSA) is 29.5 Å². The Morgan fingerprint density at radius 1 is 1.24 bits per heavy atom. The fourth-order valence-corrected chi connectivity index (χ4v) is 1.79. The zero-order valence-corrected chi connectivity index (χ0v) is 11.4. The van der Waals surface area contributed by atoms with Crippen molar-refractivity contribution in [3.8, 4) is 5.75 Å². The van der Waals surface area contributed by atoms with E-state index < -0.39 is 6.10 Å². The minimum Gasteiger partial charge on any atom is -0.493 e. The molecule has 0 bridgehead atoms. The molecule has 0 aromatic heterocycles. The van der Waals surface area contributed by atoms with Crippen LogP contribution in [0.15, 0.2) is 18.2 Å². The molecule has 0 heterocycles. The molecule has 0 fully saturated rings. The molecule has 0 saturated carbocycles. The van der Waals surface area contributed by atoms with Gasteiger partial charge in [-0.25, -0.2) is 0 Å². The Morgan fingerprint density at radius 2 is 1.94 bits per heavy atom. The van der Waals surface area contributed by atoms with Crippen molar-refractivity contribution in [3.05, 3.63) is 29.3 Å². The standard InChI is InChI=1S/C15H24O2/c1-11(2)6-5-9-17-15-10-12(3)7-8-14(15)13(4)16/h7-8,10-11,13,16H,5-6,9H2,1-4H3/t13-/m0/s1. The van der Waals surface area contributed by atoms with E-state index in [1.165, 1.54) is 6.42 Å². The smallest absolute Gasteiger partial charge is 0.125 e. The first-order chi connectivity index (χ1) is 8.00. The largest absolute Gasteiger partial charge is 0.493 e. The van der Waals surface area contributed by atoms with Crippen molar-refractivity contribution in [1.29, 1.82) is 0 Å². The molecule has 0 aliphatic heterocycles. The van der Waals surface area contributed by atoms with Gasteiger partial charge in [0.25, 0.3) is 0 Å². The maximum absolute atomic E-state index is 9.66. The van der Waals surface area contributed by atoms with Crippen molar-refractivity contribution < 1.29 is 9.84 Å². The third-order valence-electron chi connectivity index (χ3n) is 2.80. The second kappa shape index (κ2) is 6.65. The molecule has 0 spiro atoms. The number of hydrogen-bond acceptors (Lipinski definition) is 2. The normalized spacial score (nSPS) is 12.8.